The zero-order valence-corrected chi connectivity index (χ0v) is 11.1. The van der Waals surface area contributed by atoms with Crippen LogP contribution < -0.4 is 5.73 Å². The highest BCUT2D eigenvalue weighted by atomic mass is 16.3. The van der Waals surface area contributed by atoms with Gasteiger partial charge in [-0.3, -0.25) is 0 Å². The average Bonchev–Trinajstić information content (AvgIpc) is 2.30. The minimum absolute atomic E-state index is 0.203. The molecule has 0 unspecified atom stereocenters. The molecule has 17 heavy (non-hydrogen) atoms. The Balaban J connectivity index is 2.34. The largest absolute Gasteiger partial charge is 0.506 e. The molecule has 0 fully saturated rings. The van der Waals surface area contributed by atoms with E-state index in [0.29, 0.717) is 5.69 Å². The number of nitrogens with two attached hydrogens (primary N) is 1. The summed E-state index contributed by atoms with van der Waals surface area (Å²) in [5, 5.41) is 9.47. The van der Waals surface area contributed by atoms with Gasteiger partial charge in [0.2, 0.25) is 0 Å². The van der Waals surface area contributed by atoms with Gasteiger partial charge < -0.3 is 10.8 Å². The molecule has 0 spiro atoms. The van der Waals surface area contributed by atoms with Crippen molar-refractivity contribution in [3.05, 3.63) is 23.3 Å². The van der Waals surface area contributed by atoms with Crippen LogP contribution in [0.15, 0.2) is 12.1 Å². The molecule has 0 aliphatic carbocycles. The highest BCUT2D eigenvalue weighted by Crippen LogP contribution is 2.25. The van der Waals surface area contributed by atoms with E-state index in [9.17, 15) is 5.11 Å². The topological polar surface area (TPSA) is 46.2 Å². The summed E-state index contributed by atoms with van der Waals surface area (Å²) in [6.07, 6.45) is 8.92. The number of nitrogen functional groups attached to an aromatic ring is 1. The molecule has 2 nitrogen and oxygen atoms in total. The van der Waals surface area contributed by atoms with E-state index in [1.165, 1.54) is 44.1 Å². The van der Waals surface area contributed by atoms with E-state index in [1.54, 1.807) is 6.07 Å². The minimum atomic E-state index is 0.203. The van der Waals surface area contributed by atoms with Crippen molar-refractivity contribution < 1.29 is 5.11 Å². The Morgan fingerprint density at radius 2 is 1.71 bits per heavy atom. The van der Waals surface area contributed by atoms with E-state index in [2.05, 4.69) is 6.92 Å². The number of aromatic hydroxyl groups is 1. The molecule has 1 aromatic carbocycles. The lowest BCUT2D eigenvalue weighted by molar-refractivity contribution is 0.477. The third kappa shape index (κ3) is 4.68. The van der Waals surface area contributed by atoms with Crippen LogP contribution in [0, 0.1) is 6.92 Å². The van der Waals surface area contributed by atoms with Crippen LogP contribution in [0.4, 0.5) is 5.69 Å². The van der Waals surface area contributed by atoms with Gasteiger partial charge in [-0.15, -0.1) is 0 Å². The number of benzene rings is 1. The van der Waals surface area contributed by atoms with Gasteiger partial charge in [-0.25, -0.2) is 0 Å². The fraction of sp³-hybridized carbons (Fsp3) is 0.600. The molecule has 0 amide bonds. The van der Waals surface area contributed by atoms with E-state index >= 15 is 0 Å². The number of phenols is 1. The van der Waals surface area contributed by atoms with Crippen LogP contribution in [0.2, 0.25) is 0 Å². The summed E-state index contributed by atoms with van der Waals surface area (Å²) in [6, 6.07) is 3.68. The van der Waals surface area contributed by atoms with Crippen molar-refractivity contribution in [3.8, 4) is 5.75 Å². The highest BCUT2D eigenvalue weighted by molar-refractivity contribution is 5.55. The van der Waals surface area contributed by atoms with Gasteiger partial charge in [0.05, 0.1) is 5.69 Å². The fourth-order valence-corrected chi connectivity index (χ4v) is 2.12. The van der Waals surface area contributed by atoms with E-state index in [1.807, 2.05) is 13.0 Å². The van der Waals surface area contributed by atoms with Crippen LogP contribution in [-0.4, -0.2) is 5.11 Å². The lowest BCUT2D eigenvalue weighted by atomic mass is 10.00. The van der Waals surface area contributed by atoms with Gasteiger partial charge in [-0.2, -0.15) is 0 Å². The maximum absolute atomic E-state index is 9.47. The summed E-state index contributed by atoms with van der Waals surface area (Å²) >= 11 is 0. The molecule has 2 heteroatoms. The van der Waals surface area contributed by atoms with Crippen LogP contribution >= 0.6 is 0 Å². The summed E-state index contributed by atoms with van der Waals surface area (Å²) in [5.41, 5.74) is 8.62. The zero-order valence-electron chi connectivity index (χ0n) is 11.1. The number of anilines is 1. The summed E-state index contributed by atoms with van der Waals surface area (Å²) < 4.78 is 0. The maximum atomic E-state index is 9.47. The molecule has 1 rings (SSSR count). The molecule has 0 aliphatic heterocycles. The van der Waals surface area contributed by atoms with Crippen LogP contribution in [0.1, 0.15) is 56.6 Å². The number of unbranched alkanes of at least 4 members (excludes halogenated alkanes) is 5. The van der Waals surface area contributed by atoms with Gasteiger partial charge >= 0.3 is 0 Å². The third-order valence-electron chi connectivity index (χ3n) is 3.28. The SMILES string of the molecule is CCCCCCCCc1cc(N)c(O)cc1C. The molecule has 0 saturated carbocycles. The molecular formula is C15H25NO. The average molecular weight is 235 g/mol. The first kappa shape index (κ1) is 13.9. The monoisotopic (exact) mass is 235 g/mol. The van der Waals surface area contributed by atoms with E-state index < -0.39 is 0 Å². The predicted octanol–water partition coefficient (Wildman–Crippen LogP) is 4.19. The minimum Gasteiger partial charge on any atom is -0.506 e. The number of phenolic OH excluding ortho intramolecular Hbond substituents is 1. The second-order valence-corrected chi connectivity index (χ2v) is 4.86. The predicted molar refractivity (Wildman–Crippen MR) is 74.3 cm³/mol. The zero-order chi connectivity index (χ0) is 12.7. The summed E-state index contributed by atoms with van der Waals surface area (Å²) in [7, 11) is 0. The van der Waals surface area contributed by atoms with Crippen molar-refractivity contribution in [1.82, 2.24) is 0 Å². The first-order chi connectivity index (χ1) is 8.15. The van der Waals surface area contributed by atoms with Gasteiger partial charge in [0, 0.05) is 0 Å². The van der Waals surface area contributed by atoms with Crippen LogP contribution in [0.5, 0.6) is 5.75 Å². The lowest BCUT2D eigenvalue weighted by Crippen LogP contribution is -1.94. The van der Waals surface area contributed by atoms with Crippen LogP contribution in [0.25, 0.3) is 0 Å². The number of rotatable bonds is 7. The standard InChI is InChI=1S/C15H25NO/c1-3-4-5-6-7-8-9-13-11-14(16)15(17)10-12(13)2/h10-11,17H,3-9,16H2,1-2H3. The van der Waals surface area contributed by atoms with Crippen molar-refractivity contribution in [2.45, 2.75) is 58.8 Å². The van der Waals surface area contributed by atoms with Crippen molar-refractivity contribution in [3.63, 3.8) is 0 Å². The Morgan fingerprint density at radius 3 is 2.41 bits per heavy atom. The highest BCUT2D eigenvalue weighted by Gasteiger charge is 2.03. The molecule has 96 valence electrons. The van der Waals surface area contributed by atoms with Gasteiger partial charge in [-0.1, -0.05) is 39.0 Å². The molecule has 0 bridgehead atoms. The van der Waals surface area contributed by atoms with Crippen molar-refractivity contribution in [2.24, 2.45) is 0 Å². The van der Waals surface area contributed by atoms with Gasteiger partial charge in [-0.05, 0) is 43.0 Å². The van der Waals surface area contributed by atoms with E-state index in [4.69, 9.17) is 5.73 Å². The van der Waals surface area contributed by atoms with Gasteiger partial charge in [0.15, 0.2) is 0 Å². The smallest absolute Gasteiger partial charge is 0.138 e. The Hall–Kier alpha value is -1.18. The van der Waals surface area contributed by atoms with E-state index in [0.717, 1.165) is 12.0 Å². The number of hydrogen-bond acceptors (Lipinski definition) is 2. The lowest BCUT2D eigenvalue weighted by Gasteiger charge is -2.08. The molecule has 0 atom stereocenters. The second kappa shape index (κ2) is 7.21. The second-order valence-electron chi connectivity index (χ2n) is 4.86. The molecule has 0 aliphatic rings. The van der Waals surface area contributed by atoms with Crippen molar-refractivity contribution in [1.29, 1.82) is 0 Å². The molecule has 0 aromatic heterocycles. The molecule has 0 radical (unpaired) electrons. The Morgan fingerprint density at radius 1 is 1.06 bits per heavy atom. The maximum Gasteiger partial charge on any atom is 0.138 e. The first-order valence-corrected chi connectivity index (χ1v) is 6.73. The quantitative estimate of drug-likeness (QED) is 0.423. The first-order valence-electron chi connectivity index (χ1n) is 6.73. The molecule has 0 heterocycles. The Kier molecular flexibility index (Phi) is 5.88. The third-order valence-corrected chi connectivity index (χ3v) is 3.28. The van der Waals surface area contributed by atoms with E-state index in [-0.39, 0.29) is 5.75 Å². The van der Waals surface area contributed by atoms with Gasteiger partial charge in [0.25, 0.3) is 0 Å². The summed E-state index contributed by atoms with van der Waals surface area (Å²) in [4.78, 5) is 0. The number of hydrogen-bond donors (Lipinski definition) is 2. The summed E-state index contributed by atoms with van der Waals surface area (Å²) in [6.45, 7) is 4.27. The normalized spacial score (nSPS) is 10.7. The van der Waals surface area contributed by atoms with Crippen LogP contribution in [0.3, 0.4) is 0 Å². The van der Waals surface area contributed by atoms with Crippen LogP contribution in [-0.2, 0) is 6.42 Å². The molecule has 1 aromatic rings. The van der Waals surface area contributed by atoms with Crippen molar-refractivity contribution >= 4 is 5.69 Å². The van der Waals surface area contributed by atoms with Crippen molar-refractivity contribution in [2.75, 3.05) is 5.73 Å². The molecular weight excluding hydrogens is 210 g/mol. The van der Waals surface area contributed by atoms with Gasteiger partial charge in [0.1, 0.15) is 5.75 Å². The molecule has 3 N–H and O–H groups in total. The fourth-order valence-electron chi connectivity index (χ4n) is 2.12. The Labute approximate surface area is 105 Å². The number of aryl methyl sites for hydroxylation is 2. The summed E-state index contributed by atoms with van der Waals surface area (Å²) in [5.74, 6) is 0.203. The Bertz CT molecular complexity index is 347. The molecule has 0 saturated heterocycles.